The van der Waals surface area contributed by atoms with Crippen LogP contribution < -0.4 is 15.0 Å². The van der Waals surface area contributed by atoms with Crippen LogP contribution in [-0.4, -0.2) is 64.4 Å². The molecule has 0 atom stereocenters. The van der Waals surface area contributed by atoms with Crippen molar-refractivity contribution in [3.05, 3.63) is 58.2 Å². The molecule has 1 aromatic carbocycles. The van der Waals surface area contributed by atoms with E-state index in [-0.39, 0.29) is 30.2 Å². The molecule has 0 N–H and O–H groups in total. The number of hydrogen-bond acceptors (Lipinski definition) is 9. The first-order chi connectivity index (χ1) is 19.2. The number of nitrogens with zero attached hydrogens (tertiary/aromatic N) is 4. The highest BCUT2D eigenvalue weighted by molar-refractivity contribution is 7.22. The molecule has 5 rings (SSSR count). The van der Waals surface area contributed by atoms with Gasteiger partial charge in [0.15, 0.2) is 0 Å². The Morgan fingerprint density at radius 1 is 1.20 bits per heavy atom. The second kappa shape index (κ2) is 11.4. The van der Waals surface area contributed by atoms with E-state index in [4.69, 9.17) is 23.6 Å². The first kappa shape index (κ1) is 27.9. The summed E-state index contributed by atoms with van der Waals surface area (Å²) in [4.78, 5) is 39.9. The molecule has 4 heterocycles. The summed E-state index contributed by atoms with van der Waals surface area (Å²) in [7, 11) is 0. The van der Waals surface area contributed by atoms with Crippen LogP contribution in [0.4, 0.5) is 0 Å². The van der Waals surface area contributed by atoms with Crippen molar-refractivity contribution in [2.24, 2.45) is 0 Å². The summed E-state index contributed by atoms with van der Waals surface area (Å²) in [5.41, 5.74) is 0.0745. The van der Waals surface area contributed by atoms with E-state index < -0.39 is 5.54 Å². The van der Waals surface area contributed by atoms with Crippen molar-refractivity contribution in [2.75, 3.05) is 32.9 Å². The topological polar surface area (TPSA) is 109 Å². The lowest BCUT2D eigenvalue weighted by molar-refractivity contribution is -0.143. The average molecular weight is 567 g/mol. The van der Waals surface area contributed by atoms with Crippen LogP contribution in [0.2, 0.25) is 0 Å². The summed E-state index contributed by atoms with van der Waals surface area (Å²) in [6.07, 6.45) is 3.61. The van der Waals surface area contributed by atoms with E-state index in [1.807, 2.05) is 45.0 Å². The largest absolute Gasteiger partial charge is 0.491 e. The Kier molecular flexibility index (Phi) is 7.95. The highest BCUT2D eigenvalue weighted by atomic mass is 32.1. The van der Waals surface area contributed by atoms with Gasteiger partial charge in [0.1, 0.15) is 22.4 Å². The molecule has 3 aromatic heterocycles. The van der Waals surface area contributed by atoms with Gasteiger partial charge in [-0.1, -0.05) is 18.2 Å². The first-order valence-electron chi connectivity index (χ1n) is 13.4. The zero-order valence-corrected chi connectivity index (χ0v) is 24.2. The maximum atomic E-state index is 14.2. The number of thiophene rings is 1. The van der Waals surface area contributed by atoms with Crippen LogP contribution in [0.1, 0.15) is 38.8 Å². The molecule has 1 aliphatic heterocycles. The van der Waals surface area contributed by atoms with Gasteiger partial charge in [-0.2, -0.15) is 4.98 Å². The van der Waals surface area contributed by atoms with Crippen LogP contribution in [0, 0.1) is 6.92 Å². The lowest BCUT2D eigenvalue weighted by atomic mass is 10.0. The van der Waals surface area contributed by atoms with E-state index in [0.29, 0.717) is 59.3 Å². The van der Waals surface area contributed by atoms with Crippen LogP contribution in [0.3, 0.4) is 0 Å². The highest BCUT2D eigenvalue weighted by Crippen LogP contribution is 2.37. The third-order valence-electron chi connectivity index (χ3n) is 6.88. The highest BCUT2D eigenvalue weighted by Gasteiger charge is 2.39. The predicted octanol–water partition coefficient (Wildman–Crippen LogP) is 4.42. The number of ether oxygens (including phenoxy) is 3. The average Bonchev–Trinajstić information content (AvgIpc) is 3.57. The van der Waals surface area contributed by atoms with Crippen molar-refractivity contribution >= 4 is 27.5 Å². The third kappa shape index (κ3) is 5.35. The maximum absolute atomic E-state index is 14.2. The fourth-order valence-electron chi connectivity index (χ4n) is 4.87. The van der Waals surface area contributed by atoms with E-state index in [0.717, 1.165) is 11.3 Å². The van der Waals surface area contributed by atoms with E-state index >= 15 is 0 Å². The molecule has 1 fully saturated rings. The predicted molar refractivity (Wildman–Crippen MR) is 152 cm³/mol. The summed E-state index contributed by atoms with van der Waals surface area (Å²) >= 11 is 1.31. The van der Waals surface area contributed by atoms with Crippen molar-refractivity contribution in [1.82, 2.24) is 19.4 Å². The Bertz CT molecular complexity index is 1550. The second-order valence-corrected chi connectivity index (χ2v) is 11.4. The minimum Gasteiger partial charge on any atom is -0.491 e. The lowest BCUT2D eigenvalue weighted by Gasteiger charge is -2.35. The number of oxazole rings is 1. The monoisotopic (exact) mass is 566 g/mol. The number of morpholine rings is 1. The van der Waals surface area contributed by atoms with Crippen molar-refractivity contribution in [3.8, 4) is 22.5 Å². The van der Waals surface area contributed by atoms with E-state index in [1.54, 1.807) is 24.9 Å². The maximum Gasteiger partial charge on any atom is 0.301 e. The van der Waals surface area contributed by atoms with Crippen molar-refractivity contribution in [3.63, 3.8) is 0 Å². The molecule has 10 nitrogen and oxygen atoms in total. The second-order valence-electron chi connectivity index (χ2n) is 10.4. The molecule has 0 spiro atoms. The van der Waals surface area contributed by atoms with E-state index in [1.165, 1.54) is 22.2 Å². The molecule has 0 aliphatic carbocycles. The Balaban J connectivity index is 1.55. The van der Waals surface area contributed by atoms with Gasteiger partial charge in [0.25, 0.3) is 5.56 Å². The molecule has 1 aliphatic rings. The van der Waals surface area contributed by atoms with Gasteiger partial charge in [-0.25, -0.2) is 9.55 Å². The number of amides is 1. The van der Waals surface area contributed by atoms with Gasteiger partial charge in [0, 0.05) is 19.5 Å². The number of benzene rings is 1. The van der Waals surface area contributed by atoms with Crippen LogP contribution in [-0.2, 0) is 21.5 Å². The standard InChI is InChI=1S/C29H34N4O6S/c1-18(2)39-21-9-7-6-8-20(21)10-14-38-28-31-25-22(19(3)23(40-25)24-30-11-15-37-24)26(34)33(28)29(4,5)27(35)32-12-16-36-17-13-32/h6-9,11,15,18H,10,12-14,16-17H2,1-5H3. The Hall–Kier alpha value is -3.70. The van der Waals surface area contributed by atoms with Gasteiger partial charge in [-0.15, -0.1) is 11.3 Å². The number of carbonyl (C=O) groups excluding carboxylic acids is 1. The molecule has 0 radical (unpaired) electrons. The fourth-order valence-corrected chi connectivity index (χ4v) is 5.98. The van der Waals surface area contributed by atoms with Gasteiger partial charge < -0.3 is 23.5 Å². The van der Waals surface area contributed by atoms with Crippen molar-refractivity contribution in [1.29, 1.82) is 0 Å². The minimum absolute atomic E-state index is 0.0308. The molecule has 40 heavy (non-hydrogen) atoms. The molecule has 0 saturated carbocycles. The molecule has 0 unspecified atom stereocenters. The van der Waals surface area contributed by atoms with Crippen LogP contribution in [0.15, 0.2) is 45.9 Å². The summed E-state index contributed by atoms with van der Waals surface area (Å²) < 4.78 is 24.5. The third-order valence-corrected chi connectivity index (χ3v) is 8.05. The SMILES string of the molecule is Cc1c(-c2ncco2)sc2nc(OCCc3ccccc3OC(C)C)n(C(C)(C)C(=O)N3CCOCC3)c(=O)c12. The smallest absolute Gasteiger partial charge is 0.301 e. The van der Waals surface area contributed by atoms with Gasteiger partial charge in [-0.05, 0) is 51.8 Å². The molecule has 1 amide bonds. The first-order valence-corrected chi connectivity index (χ1v) is 14.2. The molecule has 212 valence electrons. The van der Waals surface area contributed by atoms with Gasteiger partial charge in [0.2, 0.25) is 11.8 Å². The van der Waals surface area contributed by atoms with E-state index in [2.05, 4.69) is 4.98 Å². The number of aryl methyl sites for hydroxylation is 1. The normalized spacial score (nSPS) is 14.2. The van der Waals surface area contributed by atoms with Gasteiger partial charge in [-0.3, -0.25) is 9.59 Å². The van der Waals surface area contributed by atoms with E-state index in [9.17, 15) is 9.59 Å². The zero-order valence-electron chi connectivity index (χ0n) is 23.4. The van der Waals surface area contributed by atoms with Gasteiger partial charge >= 0.3 is 6.01 Å². The summed E-state index contributed by atoms with van der Waals surface area (Å²) in [6.45, 7) is 11.3. The van der Waals surface area contributed by atoms with Crippen LogP contribution >= 0.6 is 11.3 Å². The van der Waals surface area contributed by atoms with Crippen LogP contribution in [0.25, 0.3) is 21.0 Å². The summed E-state index contributed by atoms with van der Waals surface area (Å²) in [6, 6.07) is 7.89. The number of hydrogen-bond donors (Lipinski definition) is 0. The quantitative estimate of drug-likeness (QED) is 0.293. The number of rotatable bonds is 9. The number of fused-ring (bicyclic) bond motifs is 1. The molecule has 1 saturated heterocycles. The Labute approximate surface area is 236 Å². The number of para-hydroxylation sites is 1. The van der Waals surface area contributed by atoms with Crippen molar-refractivity contribution in [2.45, 2.75) is 52.7 Å². The molecule has 4 aromatic rings. The minimum atomic E-state index is -1.26. The molecular formula is C29H34N4O6S. The summed E-state index contributed by atoms with van der Waals surface area (Å²) in [5.74, 6) is 1.01. The Morgan fingerprint density at radius 2 is 1.95 bits per heavy atom. The van der Waals surface area contributed by atoms with Crippen LogP contribution in [0.5, 0.6) is 11.8 Å². The lowest BCUT2D eigenvalue weighted by Crippen LogP contribution is -2.53. The van der Waals surface area contributed by atoms with Gasteiger partial charge in [0.05, 0.1) is 42.4 Å². The zero-order chi connectivity index (χ0) is 28.4. The molecular weight excluding hydrogens is 532 g/mol. The molecule has 11 heteroatoms. The van der Waals surface area contributed by atoms with Crippen molar-refractivity contribution < 1.29 is 23.4 Å². The fraction of sp³-hybridized carbons (Fsp3) is 0.448. The number of aromatic nitrogens is 3. The summed E-state index contributed by atoms with van der Waals surface area (Å²) in [5, 5.41) is 0.420. The number of carbonyl (C=O) groups is 1. The molecule has 0 bridgehead atoms. The Morgan fingerprint density at radius 3 is 2.65 bits per heavy atom.